The van der Waals surface area contributed by atoms with E-state index in [4.69, 9.17) is 10.5 Å². The van der Waals surface area contributed by atoms with Crippen LogP contribution >= 0.6 is 24.0 Å². The minimum atomic E-state index is 0. The number of nitrogens with two attached hydrogens (primary N) is 1. The molecule has 1 rings (SSSR count). The van der Waals surface area contributed by atoms with E-state index in [0.717, 1.165) is 17.9 Å². The molecule has 1 aromatic carbocycles. The maximum atomic E-state index is 5.75. The number of nitrogens with zero attached hydrogens (tertiary/aromatic N) is 1. The molecule has 0 bridgehead atoms. The van der Waals surface area contributed by atoms with Gasteiger partial charge in [0.1, 0.15) is 5.75 Å². The van der Waals surface area contributed by atoms with Crippen LogP contribution in [0.2, 0.25) is 0 Å². The zero-order valence-electron chi connectivity index (χ0n) is 12.7. The van der Waals surface area contributed by atoms with Gasteiger partial charge in [-0.1, -0.05) is 26.0 Å². The molecule has 5 heteroatoms. The first-order valence-electron chi connectivity index (χ1n) is 6.75. The van der Waals surface area contributed by atoms with Crippen molar-refractivity contribution in [1.82, 2.24) is 5.32 Å². The molecule has 1 aromatic rings. The van der Waals surface area contributed by atoms with Crippen LogP contribution in [-0.4, -0.2) is 18.6 Å². The highest BCUT2D eigenvalue weighted by atomic mass is 127. The summed E-state index contributed by atoms with van der Waals surface area (Å²) < 4.78 is 5.63. The van der Waals surface area contributed by atoms with Crippen LogP contribution < -0.4 is 15.8 Å². The molecule has 0 amide bonds. The fourth-order valence-corrected chi connectivity index (χ4v) is 1.47. The molecule has 0 saturated carbocycles. The minimum Gasteiger partial charge on any atom is -0.493 e. The second-order valence-corrected chi connectivity index (χ2v) is 5.35. The first-order valence-corrected chi connectivity index (χ1v) is 6.75. The third kappa shape index (κ3) is 8.24. The first kappa shape index (κ1) is 19.0. The van der Waals surface area contributed by atoms with Crippen molar-refractivity contribution in [3.63, 3.8) is 0 Å². The van der Waals surface area contributed by atoms with Crippen molar-refractivity contribution in [3.8, 4) is 5.75 Å². The Morgan fingerprint density at radius 1 is 1.20 bits per heavy atom. The summed E-state index contributed by atoms with van der Waals surface area (Å²) in [6, 6.07) is 8.28. The summed E-state index contributed by atoms with van der Waals surface area (Å²) in [5.74, 6) is 1.91. The predicted molar refractivity (Wildman–Crippen MR) is 95.8 cm³/mol. The van der Waals surface area contributed by atoms with Gasteiger partial charge in [0.25, 0.3) is 0 Å². The number of nitrogens with one attached hydrogen (secondary N) is 1. The van der Waals surface area contributed by atoms with E-state index < -0.39 is 0 Å². The van der Waals surface area contributed by atoms with Crippen molar-refractivity contribution in [2.45, 2.75) is 40.3 Å². The number of rotatable bonds is 6. The van der Waals surface area contributed by atoms with Gasteiger partial charge < -0.3 is 15.8 Å². The normalized spacial score (nSPS) is 11.4. The lowest BCUT2D eigenvalue weighted by molar-refractivity contribution is 0.271. The fraction of sp³-hybridized carbons (Fsp3) is 0.533. The van der Waals surface area contributed by atoms with E-state index in [0.29, 0.717) is 24.5 Å². The molecule has 0 fully saturated rings. The lowest BCUT2D eigenvalue weighted by Crippen LogP contribution is -2.36. The molecule has 0 aromatic heterocycles. The number of benzene rings is 1. The average Bonchev–Trinajstić information content (AvgIpc) is 2.34. The van der Waals surface area contributed by atoms with Crippen LogP contribution in [0.15, 0.2) is 29.3 Å². The summed E-state index contributed by atoms with van der Waals surface area (Å²) >= 11 is 0. The van der Waals surface area contributed by atoms with Crippen LogP contribution in [0.1, 0.15) is 33.3 Å². The second kappa shape index (κ2) is 9.85. The second-order valence-electron chi connectivity index (χ2n) is 5.35. The van der Waals surface area contributed by atoms with Gasteiger partial charge in [-0.05, 0) is 37.5 Å². The van der Waals surface area contributed by atoms with Crippen molar-refractivity contribution in [3.05, 3.63) is 29.8 Å². The Labute approximate surface area is 139 Å². The zero-order valence-corrected chi connectivity index (χ0v) is 15.0. The number of aliphatic imine (C=N–C) groups is 1. The Bertz CT molecular complexity index is 402. The van der Waals surface area contributed by atoms with Crippen LogP contribution in [0, 0.1) is 5.92 Å². The van der Waals surface area contributed by atoms with E-state index >= 15 is 0 Å². The quantitative estimate of drug-likeness (QED) is 0.445. The van der Waals surface area contributed by atoms with Crippen molar-refractivity contribution in [1.29, 1.82) is 0 Å². The summed E-state index contributed by atoms with van der Waals surface area (Å²) in [6.45, 7) is 9.65. The molecule has 114 valence electrons. The van der Waals surface area contributed by atoms with Gasteiger partial charge in [0.15, 0.2) is 5.96 Å². The summed E-state index contributed by atoms with van der Waals surface area (Å²) in [5, 5.41) is 3.06. The lowest BCUT2D eigenvalue weighted by atomic mass is 10.2. The van der Waals surface area contributed by atoms with Gasteiger partial charge in [-0.3, -0.25) is 0 Å². The molecular formula is C15H26IN3O. The predicted octanol–water partition coefficient (Wildman–Crippen LogP) is 3.15. The smallest absolute Gasteiger partial charge is 0.189 e. The van der Waals surface area contributed by atoms with E-state index in [2.05, 4.69) is 24.2 Å². The Kier molecular flexibility index (Phi) is 9.37. The van der Waals surface area contributed by atoms with Crippen molar-refractivity contribution in [2.24, 2.45) is 16.6 Å². The van der Waals surface area contributed by atoms with Crippen molar-refractivity contribution < 1.29 is 4.74 Å². The van der Waals surface area contributed by atoms with Crippen molar-refractivity contribution >= 4 is 29.9 Å². The SMILES string of the molecule is CC(C)COc1ccc(CN=C(N)NC(C)C)cc1.I. The number of hydrogen-bond donors (Lipinski definition) is 2. The summed E-state index contributed by atoms with van der Waals surface area (Å²) in [7, 11) is 0. The van der Waals surface area contributed by atoms with Crippen LogP contribution in [-0.2, 0) is 6.54 Å². The highest BCUT2D eigenvalue weighted by Gasteiger charge is 1.99. The maximum Gasteiger partial charge on any atom is 0.189 e. The van der Waals surface area contributed by atoms with Gasteiger partial charge in [0.05, 0.1) is 13.2 Å². The Morgan fingerprint density at radius 2 is 1.80 bits per heavy atom. The van der Waals surface area contributed by atoms with E-state index in [1.165, 1.54) is 0 Å². The van der Waals surface area contributed by atoms with Crippen LogP contribution in [0.5, 0.6) is 5.75 Å². The van der Waals surface area contributed by atoms with Crippen LogP contribution in [0.3, 0.4) is 0 Å². The molecule has 0 aliphatic rings. The van der Waals surface area contributed by atoms with Crippen molar-refractivity contribution in [2.75, 3.05) is 6.61 Å². The molecule has 0 spiro atoms. The number of guanidine groups is 1. The van der Waals surface area contributed by atoms with Gasteiger partial charge in [0, 0.05) is 6.04 Å². The summed E-state index contributed by atoms with van der Waals surface area (Å²) in [6.07, 6.45) is 0. The zero-order chi connectivity index (χ0) is 14.3. The molecule has 0 atom stereocenters. The largest absolute Gasteiger partial charge is 0.493 e. The Morgan fingerprint density at radius 3 is 2.30 bits per heavy atom. The standard InChI is InChI=1S/C15H25N3O.HI/c1-11(2)10-19-14-7-5-13(6-8-14)9-17-15(16)18-12(3)4;/h5-8,11-12H,9-10H2,1-4H3,(H3,16,17,18);1H. The highest BCUT2D eigenvalue weighted by Crippen LogP contribution is 2.13. The third-order valence-electron chi connectivity index (χ3n) is 2.38. The number of halogens is 1. The monoisotopic (exact) mass is 391 g/mol. The molecule has 0 radical (unpaired) electrons. The van der Waals surface area contributed by atoms with E-state index in [1.807, 2.05) is 38.1 Å². The topological polar surface area (TPSA) is 59.6 Å². The Balaban J connectivity index is 0.00000361. The third-order valence-corrected chi connectivity index (χ3v) is 2.38. The average molecular weight is 391 g/mol. The summed E-state index contributed by atoms with van der Waals surface area (Å²) in [4.78, 5) is 4.28. The van der Waals surface area contributed by atoms with Gasteiger partial charge in [-0.2, -0.15) is 0 Å². The van der Waals surface area contributed by atoms with E-state index in [-0.39, 0.29) is 24.0 Å². The molecule has 0 heterocycles. The lowest BCUT2D eigenvalue weighted by Gasteiger charge is -2.10. The minimum absolute atomic E-state index is 0. The maximum absolute atomic E-state index is 5.75. The summed E-state index contributed by atoms with van der Waals surface area (Å²) in [5.41, 5.74) is 6.86. The first-order chi connectivity index (χ1) is 8.97. The van der Waals surface area contributed by atoms with Gasteiger partial charge in [-0.15, -0.1) is 24.0 Å². The molecule has 0 aliphatic carbocycles. The van der Waals surface area contributed by atoms with E-state index in [1.54, 1.807) is 0 Å². The molecule has 20 heavy (non-hydrogen) atoms. The van der Waals surface area contributed by atoms with Gasteiger partial charge >= 0.3 is 0 Å². The number of ether oxygens (including phenoxy) is 1. The van der Waals surface area contributed by atoms with E-state index in [9.17, 15) is 0 Å². The van der Waals surface area contributed by atoms with Gasteiger partial charge in [-0.25, -0.2) is 4.99 Å². The Hall–Kier alpha value is -0.980. The molecule has 0 saturated heterocycles. The highest BCUT2D eigenvalue weighted by molar-refractivity contribution is 14.0. The van der Waals surface area contributed by atoms with Gasteiger partial charge in [0.2, 0.25) is 0 Å². The molecule has 0 unspecified atom stereocenters. The molecule has 0 aliphatic heterocycles. The molecule has 4 nitrogen and oxygen atoms in total. The molecule has 3 N–H and O–H groups in total. The van der Waals surface area contributed by atoms with Crippen LogP contribution in [0.4, 0.5) is 0 Å². The number of hydrogen-bond acceptors (Lipinski definition) is 2. The molecular weight excluding hydrogens is 365 g/mol. The van der Waals surface area contributed by atoms with Crippen LogP contribution in [0.25, 0.3) is 0 Å². The fourth-order valence-electron chi connectivity index (χ4n) is 1.47.